The summed E-state index contributed by atoms with van der Waals surface area (Å²) < 4.78 is 49.5. The molecule has 1 amide bonds. The van der Waals surface area contributed by atoms with E-state index >= 15 is 0 Å². The van der Waals surface area contributed by atoms with E-state index in [1.165, 1.54) is 12.1 Å². The number of carbonyl (C=O) groups excluding carboxylic acids is 1. The number of sulfonamides is 2. The first-order valence-corrected chi connectivity index (χ1v) is 12.3. The molecule has 8 nitrogen and oxygen atoms in total. The lowest BCUT2D eigenvalue weighted by Crippen LogP contribution is -2.15. The highest BCUT2D eigenvalue weighted by atomic mass is 32.2. The van der Waals surface area contributed by atoms with E-state index in [1.54, 1.807) is 53.9 Å². The van der Waals surface area contributed by atoms with Crippen LogP contribution in [0.4, 0.5) is 11.4 Å². The largest absolute Gasteiger partial charge is 0.322 e. The van der Waals surface area contributed by atoms with Crippen LogP contribution < -0.4 is 15.2 Å². The topological polar surface area (TPSA) is 135 Å². The lowest BCUT2D eigenvalue weighted by molar-refractivity contribution is 0.102. The summed E-state index contributed by atoms with van der Waals surface area (Å²) in [5.74, 6) is -0.741. The summed E-state index contributed by atoms with van der Waals surface area (Å²) in [6.45, 7) is 0. The van der Waals surface area contributed by atoms with E-state index < -0.39 is 26.0 Å². The molecular formula is C18H17N3O5S3. The van der Waals surface area contributed by atoms with Crippen molar-refractivity contribution in [3.8, 4) is 0 Å². The number of hydrogen-bond acceptors (Lipinski definition) is 6. The molecule has 152 valence electrons. The van der Waals surface area contributed by atoms with Gasteiger partial charge < -0.3 is 5.32 Å². The molecule has 0 saturated carbocycles. The second-order valence-corrected chi connectivity index (χ2v) is 10.5. The lowest BCUT2D eigenvalue weighted by atomic mass is 10.1. The average molecular weight is 452 g/mol. The third-order valence-corrected chi connectivity index (χ3v) is 7.23. The third-order valence-electron chi connectivity index (χ3n) is 3.72. The van der Waals surface area contributed by atoms with Crippen LogP contribution in [0.5, 0.6) is 0 Å². The first-order chi connectivity index (χ1) is 13.6. The van der Waals surface area contributed by atoms with Crippen LogP contribution in [0.2, 0.25) is 0 Å². The van der Waals surface area contributed by atoms with E-state index in [9.17, 15) is 21.6 Å². The van der Waals surface area contributed by atoms with Gasteiger partial charge in [0.05, 0.1) is 5.75 Å². The minimum absolute atomic E-state index is 0.173. The Kier molecular flexibility index (Phi) is 6.03. The zero-order valence-corrected chi connectivity index (χ0v) is 17.4. The van der Waals surface area contributed by atoms with Gasteiger partial charge in [0.25, 0.3) is 15.9 Å². The molecule has 0 radical (unpaired) electrons. The Morgan fingerprint density at radius 3 is 2.28 bits per heavy atom. The Morgan fingerprint density at radius 2 is 1.66 bits per heavy atom. The van der Waals surface area contributed by atoms with Crippen LogP contribution in [0, 0.1) is 0 Å². The van der Waals surface area contributed by atoms with Gasteiger partial charge >= 0.3 is 0 Å². The van der Waals surface area contributed by atoms with Gasteiger partial charge in [0.15, 0.2) is 0 Å². The van der Waals surface area contributed by atoms with Crippen LogP contribution >= 0.6 is 11.3 Å². The SMILES string of the molecule is NS(=O)(=O)Cc1ccc(NC(=O)c2cccc(NS(=O)(=O)c3cccs3)c2)cc1. The standard InChI is InChI=1S/C18H17N3O5S3/c19-28(23,24)12-13-6-8-15(9-7-13)20-18(22)14-3-1-4-16(11-14)21-29(25,26)17-5-2-10-27-17/h1-11,21H,12H2,(H,20,22)(H2,19,23,24). The van der Waals surface area contributed by atoms with E-state index in [4.69, 9.17) is 5.14 Å². The molecule has 3 aromatic rings. The Morgan fingerprint density at radius 1 is 0.931 bits per heavy atom. The molecule has 1 aromatic heterocycles. The minimum Gasteiger partial charge on any atom is -0.322 e. The number of rotatable bonds is 7. The molecule has 0 unspecified atom stereocenters. The molecule has 29 heavy (non-hydrogen) atoms. The number of nitrogens with one attached hydrogen (secondary N) is 2. The van der Waals surface area contributed by atoms with E-state index in [2.05, 4.69) is 10.0 Å². The average Bonchev–Trinajstić information content (AvgIpc) is 3.18. The molecule has 0 aliphatic carbocycles. The van der Waals surface area contributed by atoms with Gasteiger partial charge in [-0.3, -0.25) is 9.52 Å². The summed E-state index contributed by atoms with van der Waals surface area (Å²) in [6, 6.07) is 15.4. The van der Waals surface area contributed by atoms with Crippen LogP contribution in [-0.2, 0) is 25.8 Å². The Hall–Kier alpha value is -2.73. The molecule has 0 bridgehead atoms. The number of benzene rings is 2. The van der Waals surface area contributed by atoms with Crippen LogP contribution in [0.1, 0.15) is 15.9 Å². The van der Waals surface area contributed by atoms with Crippen LogP contribution in [0.25, 0.3) is 0 Å². The normalized spacial score (nSPS) is 11.8. The van der Waals surface area contributed by atoms with Crippen LogP contribution in [0.15, 0.2) is 70.3 Å². The molecule has 3 rings (SSSR count). The Labute approximate surface area is 172 Å². The maximum Gasteiger partial charge on any atom is 0.271 e. The van der Waals surface area contributed by atoms with Crippen molar-refractivity contribution in [2.75, 3.05) is 10.0 Å². The van der Waals surface area contributed by atoms with Gasteiger partial charge in [0.2, 0.25) is 10.0 Å². The summed E-state index contributed by atoms with van der Waals surface area (Å²) in [7, 11) is -7.35. The molecule has 11 heteroatoms. The molecule has 0 fully saturated rings. The molecule has 0 aliphatic heterocycles. The van der Waals surface area contributed by atoms with Crippen molar-refractivity contribution in [2.24, 2.45) is 5.14 Å². The zero-order valence-electron chi connectivity index (χ0n) is 14.9. The lowest BCUT2D eigenvalue weighted by Gasteiger charge is -2.09. The number of thiophene rings is 1. The van der Waals surface area contributed by atoms with Gasteiger partial charge in [-0.25, -0.2) is 22.0 Å². The number of anilines is 2. The summed E-state index contributed by atoms with van der Waals surface area (Å²) in [6.07, 6.45) is 0. The number of carbonyl (C=O) groups is 1. The maximum atomic E-state index is 12.5. The van der Waals surface area contributed by atoms with E-state index in [1.807, 2.05) is 0 Å². The summed E-state index contributed by atoms with van der Waals surface area (Å²) in [5.41, 5.74) is 1.47. The highest BCUT2D eigenvalue weighted by Gasteiger charge is 2.16. The summed E-state index contributed by atoms with van der Waals surface area (Å²) >= 11 is 1.09. The number of primary sulfonamides is 1. The van der Waals surface area contributed by atoms with E-state index in [-0.39, 0.29) is 21.2 Å². The van der Waals surface area contributed by atoms with Crippen molar-refractivity contribution >= 4 is 48.7 Å². The van der Waals surface area contributed by atoms with Crippen molar-refractivity contribution in [2.45, 2.75) is 9.96 Å². The fourth-order valence-corrected chi connectivity index (χ4v) is 5.17. The maximum absolute atomic E-state index is 12.5. The van der Waals surface area contributed by atoms with Gasteiger partial charge in [0, 0.05) is 16.9 Å². The molecule has 1 heterocycles. The summed E-state index contributed by atoms with van der Waals surface area (Å²) in [4.78, 5) is 12.5. The molecule has 0 spiro atoms. The van der Waals surface area contributed by atoms with Crippen molar-refractivity contribution < 1.29 is 21.6 Å². The van der Waals surface area contributed by atoms with Crippen LogP contribution in [-0.4, -0.2) is 22.7 Å². The second kappa shape index (κ2) is 8.33. The quantitative estimate of drug-likeness (QED) is 0.507. The van der Waals surface area contributed by atoms with E-state index in [0.717, 1.165) is 11.3 Å². The molecule has 0 saturated heterocycles. The van der Waals surface area contributed by atoms with Crippen LogP contribution in [0.3, 0.4) is 0 Å². The monoisotopic (exact) mass is 451 g/mol. The van der Waals surface area contributed by atoms with Crippen molar-refractivity contribution in [3.63, 3.8) is 0 Å². The first kappa shape index (κ1) is 21.0. The van der Waals surface area contributed by atoms with Gasteiger partial charge in [-0.05, 0) is 47.3 Å². The van der Waals surface area contributed by atoms with E-state index in [0.29, 0.717) is 11.3 Å². The summed E-state index contributed by atoms with van der Waals surface area (Å²) in [5, 5.41) is 9.34. The fraction of sp³-hybridized carbons (Fsp3) is 0.0556. The van der Waals surface area contributed by atoms with Crippen molar-refractivity contribution in [3.05, 3.63) is 77.2 Å². The molecular weight excluding hydrogens is 434 g/mol. The molecule has 0 atom stereocenters. The highest BCUT2D eigenvalue weighted by molar-refractivity contribution is 7.94. The Balaban J connectivity index is 1.71. The first-order valence-electron chi connectivity index (χ1n) is 8.19. The van der Waals surface area contributed by atoms with Gasteiger partial charge in [-0.15, -0.1) is 11.3 Å². The number of amides is 1. The van der Waals surface area contributed by atoms with Gasteiger partial charge in [0.1, 0.15) is 4.21 Å². The minimum atomic E-state index is -3.71. The van der Waals surface area contributed by atoms with Gasteiger partial charge in [-0.2, -0.15) is 0 Å². The van der Waals surface area contributed by atoms with Gasteiger partial charge in [-0.1, -0.05) is 24.3 Å². The molecule has 4 N–H and O–H groups in total. The number of nitrogens with two attached hydrogens (primary N) is 1. The van der Waals surface area contributed by atoms with Crippen molar-refractivity contribution in [1.82, 2.24) is 0 Å². The second-order valence-electron chi connectivity index (χ2n) is 6.08. The smallest absolute Gasteiger partial charge is 0.271 e. The molecule has 0 aliphatic rings. The predicted molar refractivity (Wildman–Crippen MR) is 113 cm³/mol. The third kappa shape index (κ3) is 5.87. The Bertz CT molecular complexity index is 1220. The molecule has 2 aromatic carbocycles. The zero-order chi connectivity index (χ0) is 21.1. The fourth-order valence-electron chi connectivity index (χ4n) is 2.47. The number of hydrogen-bond donors (Lipinski definition) is 3. The van der Waals surface area contributed by atoms with Crippen molar-refractivity contribution in [1.29, 1.82) is 0 Å². The predicted octanol–water partition coefficient (Wildman–Crippen LogP) is 2.59. The highest BCUT2D eigenvalue weighted by Crippen LogP contribution is 2.21.